The molecule has 116 valence electrons. The highest BCUT2D eigenvalue weighted by molar-refractivity contribution is 5.05. The highest BCUT2D eigenvalue weighted by Gasteiger charge is 2.36. The quantitative estimate of drug-likeness (QED) is 0.793. The lowest BCUT2D eigenvalue weighted by Gasteiger charge is -2.27. The second-order valence-corrected chi connectivity index (χ2v) is 5.72. The third-order valence-corrected chi connectivity index (χ3v) is 3.98. The lowest BCUT2D eigenvalue weighted by Crippen LogP contribution is -2.31. The molecule has 1 aromatic rings. The van der Waals surface area contributed by atoms with Crippen molar-refractivity contribution < 1.29 is 9.26 Å². The molecule has 0 fully saturated rings. The van der Waals surface area contributed by atoms with E-state index in [1.807, 2.05) is 13.8 Å². The van der Waals surface area contributed by atoms with E-state index >= 15 is 0 Å². The molecule has 0 aliphatic rings. The van der Waals surface area contributed by atoms with Crippen molar-refractivity contribution in [1.82, 2.24) is 10.1 Å². The summed E-state index contributed by atoms with van der Waals surface area (Å²) in [4.78, 5) is 4.60. The zero-order valence-electron chi connectivity index (χ0n) is 13.6. The Hall–Kier alpha value is -0.940. The topological polar surface area (TPSA) is 74.2 Å². The van der Waals surface area contributed by atoms with E-state index in [9.17, 15) is 0 Å². The third-order valence-electron chi connectivity index (χ3n) is 3.98. The normalized spacial score (nSPS) is 15.6. The van der Waals surface area contributed by atoms with Crippen LogP contribution in [0.25, 0.3) is 0 Å². The summed E-state index contributed by atoms with van der Waals surface area (Å²) in [6.07, 6.45) is 1.64. The molecule has 0 aliphatic carbocycles. The van der Waals surface area contributed by atoms with Crippen LogP contribution in [0.4, 0.5) is 0 Å². The number of nitrogens with zero attached hydrogens (tertiary/aromatic N) is 2. The minimum Gasteiger partial charge on any atom is -0.367 e. The van der Waals surface area contributed by atoms with Gasteiger partial charge in [0.2, 0.25) is 11.7 Å². The van der Waals surface area contributed by atoms with Crippen LogP contribution in [0.3, 0.4) is 0 Å². The smallest absolute Gasteiger partial charge is 0.231 e. The zero-order chi connectivity index (χ0) is 15.3. The van der Waals surface area contributed by atoms with Crippen molar-refractivity contribution in [3.63, 3.8) is 0 Å². The Morgan fingerprint density at radius 2 is 1.80 bits per heavy atom. The van der Waals surface area contributed by atoms with Gasteiger partial charge in [-0.3, -0.25) is 0 Å². The highest BCUT2D eigenvalue weighted by Crippen LogP contribution is 2.33. The molecule has 2 unspecified atom stereocenters. The van der Waals surface area contributed by atoms with Crippen LogP contribution >= 0.6 is 0 Å². The molecule has 0 saturated carbocycles. The Balaban J connectivity index is 3.11. The summed E-state index contributed by atoms with van der Waals surface area (Å²) in [6, 6.07) is -0.0203. The SMILES string of the molecule is CCOC(CC)(CC)c1noc(C(C(C)C)C(C)N)n1. The fraction of sp³-hybridized carbons (Fsp3) is 0.867. The van der Waals surface area contributed by atoms with Gasteiger partial charge >= 0.3 is 0 Å². The summed E-state index contributed by atoms with van der Waals surface area (Å²) in [7, 11) is 0. The van der Waals surface area contributed by atoms with E-state index in [1.165, 1.54) is 0 Å². The Labute approximate surface area is 122 Å². The van der Waals surface area contributed by atoms with Gasteiger partial charge in [-0.25, -0.2) is 0 Å². The molecule has 2 atom stereocenters. The molecule has 5 nitrogen and oxygen atoms in total. The van der Waals surface area contributed by atoms with Crippen LogP contribution in [0, 0.1) is 5.92 Å². The summed E-state index contributed by atoms with van der Waals surface area (Å²) in [5, 5.41) is 4.17. The van der Waals surface area contributed by atoms with Crippen molar-refractivity contribution >= 4 is 0 Å². The van der Waals surface area contributed by atoms with E-state index in [-0.39, 0.29) is 12.0 Å². The lowest BCUT2D eigenvalue weighted by atomic mass is 9.89. The molecule has 0 bridgehead atoms. The van der Waals surface area contributed by atoms with Crippen LogP contribution in [0.5, 0.6) is 0 Å². The highest BCUT2D eigenvalue weighted by atomic mass is 16.5. The molecule has 0 radical (unpaired) electrons. The van der Waals surface area contributed by atoms with Gasteiger partial charge in [-0.15, -0.1) is 0 Å². The molecule has 1 rings (SSSR count). The van der Waals surface area contributed by atoms with Gasteiger partial charge in [-0.1, -0.05) is 32.9 Å². The molecule has 5 heteroatoms. The molecule has 0 aromatic carbocycles. The average molecular weight is 283 g/mol. The van der Waals surface area contributed by atoms with Gasteiger partial charge in [0.1, 0.15) is 5.60 Å². The average Bonchev–Trinajstić information content (AvgIpc) is 2.85. The first kappa shape index (κ1) is 17.1. The van der Waals surface area contributed by atoms with Crippen LogP contribution in [-0.4, -0.2) is 22.8 Å². The number of rotatable bonds is 8. The largest absolute Gasteiger partial charge is 0.367 e. The first-order valence-electron chi connectivity index (χ1n) is 7.65. The lowest BCUT2D eigenvalue weighted by molar-refractivity contribution is -0.0583. The van der Waals surface area contributed by atoms with Gasteiger partial charge in [-0.05, 0) is 32.6 Å². The molecule has 0 saturated heterocycles. The minimum absolute atomic E-state index is 0.0203. The number of hydrogen-bond acceptors (Lipinski definition) is 5. The third kappa shape index (κ3) is 3.38. The van der Waals surface area contributed by atoms with Crippen LogP contribution in [-0.2, 0) is 10.3 Å². The Bertz CT molecular complexity index is 390. The maximum Gasteiger partial charge on any atom is 0.231 e. The first-order chi connectivity index (χ1) is 9.41. The molecule has 0 spiro atoms. The van der Waals surface area contributed by atoms with Crippen LogP contribution in [0.15, 0.2) is 4.52 Å². The van der Waals surface area contributed by atoms with Gasteiger partial charge in [0.05, 0.1) is 5.92 Å². The van der Waals surface area contributed by atoms with E-state index in [0.717, 1.165) is 12.8 Å². The fourth-order valence-electron chi connectivity index (χ4n) is 2.78. The molecular weight excluding hydrogens is 254 g/mol. The van der Waals surface area contributed by atoms with Crippen LogP contribution in [0.2, 0.25) is 0 Å². The standard InChI is InChI=1S/C15H29N3O2/c1-7-15(8-2,19-9-3)14-17-13(20-18-14)12(10(4)5)11(6)16/h10-12H,7-9,16H2,1-6H3. The molecule has 2 N–H and O–H groups in total. The maximum absolute atomic E-state index is 6.05. The summed E-state index contributed by atoms with van der Waals surface area (Å²) >= 11 is 0. The monoisotopic (exact) mass is 283 g/mol. The Morgan fingerprint density at radius 1 is 1.20 bits per heavy atom. The van der Waals surface area contributed by atoms with E-state index in [1.54, 1.807) is 0 Å². The predicted octanol–water partition coefficient (Wildman–Crippen LogP) is 3.21. The second kappa shape index (κ2) is 7.18. The number of aromatic nitrogens is 2. The van der Waals surface area contributed by atoms with Crippen molar-refractivity contribution in [1.29, 1.82) is 0 Å². The summed E-state index contributed by atoms with van der Waals surface area (Å²) in [6.45, 7) is 13.0. The summed E-state index contributed by atoms with van der Waals surface area (Å²) in [5.41, 5.74) is 5.60. The van der Waals surface area contributed by atoms with Crippen molar-refractivity contribution in [2.75, 3.05) is 6.61 Å². The van der Waals surface area contributed by atoms with E-state index in [2.05, 4.69) is 37.8 Å². The van der Waals surface area contributed by atoms with Crippen LogP contribution in [0.1, 0.15) is 72.0 Å². The Morgan fingerprint density at radius 3 is 2.20 bits per heavy atom. The minimum atomic E-state index is -0.449. The number of hydrogen-bond donors (Lipinski definition) is 1. The van der Waals surface area contributed by atoms with E-state index < -0.39 is 5.60 Å². The second-order valence-electron chi connectivity index (χ2n) is 5.72. The first-order valence-corrected chi connectivity index (χ1v) is 7.65. The maximum atomic E-state index is 6.05. The molecule has 20 heavy (non-hydrogen) atoms. The number of nitrogens with two attached hydrogens (primary N) is 1. The molecule has 0 aliphatic heterocycles. The number of ether oxygens (including phenoxy) is 1. The molecule has 1 aromatic heterocycles. The van der Waals surface area contributed by atoms with Crippen molar-refractivity contribution in [3.8, 4) is 0 Å². The van der Waals surface area contributed by atoms with Gasteiger partial charge in [-0.2, -0.15) is 4.98 Å². The molecule has 1 heterocycles. The summed E-state index contributed by atoms with van der Waals surface area (Å²) in [5.74, 6) is 1.69. The van der Waals surface area contributed by atoms with Crippen molar-refractivity contribution in [2.45, 2.75) is 71.9 Å². The van der Waals surface area contributed by atoms with Crippen LogP contribution < -0.4 is 5.73 Å². The predicted molar refractivity (Wildman–Crippen MR) is 79.4 cm³/mol. The zero-order valence-corrected chi connectivity index (χ0v) is 13.6. The Kier molecular flexibility index (Phi) is 6.14. The van der Waals surface area contributed by atoms with Gasteiger partial charge < -0.3 is 15.0 Å². The van der Waals surface area contributed by atoms with Gasteiger partial charge in [0.15, 0.2) is 0 Å². The van der Waals surface area contributed by atoms with Crippen molar-refractivity contribution in [2.24, 2.45) is 11.7 Å². The van der Waals surface area contributed by atoms with E-state index in [0.29, 0.717) is 24.2 Å². The van der Waals surface area contributed by atoms with Gasteiger partial charge in [0, 0.05) is 12.6 Å². The summed E-state index contributed by atoms with van der Waals surface area (Å²) < 4.78 is 11.4. The van der Waals surface area contributed by atoms with E-state index in [4.69, 9.17) is 15.0 Å². The molecular formula is C15H29N3O2. The van der Waals surface area contributed by atoms with Gasteiger partial charge in [0.25, 0.3) is 0 Å². The van der Waals surface area contributed by atoms with Crippen molar-refractivity contribution in [3.05, 3.63) is 11.7 Å². The molecule has 0 amide bonds. The fourth-order valence-corrected chi connectivity index (χ4v) is 2.78.